The third-order valence-corrected chi connectivity index (χ3v) is 2.83. The average molecular weight is 214 g/mol. The molecule has 0 aromatic heterocycles. The van der Waals surface area contributed by atoms with Crippen LogP contribution < -0.4 is 4.74 Å². The van der Waals surface area contributed by atoms with Crippen LogP contribution in [0.2, 0.25) is 0 Å². The Hall–Kier alpha value is -1.50. The van der Waals surface area contributed by atoms with Gasteiger partial charge in [-0.25, -0.2) is 0 Å². The molecule has 2 rings (SSSR count). The molecule has 0 aliphatic carbocycles. The third kappa shape index (κ3) is 2.04. The number of methoxy groups -OCH3 is 1. The van der Waals surface area contributed by atoms with Crippen LogP contribution in [0.1, 0.15) is 19.4 Å². The van der Waals surface area contributed by atoms with Crippen LogP contribution in [-0.2, 0) is 6.42 Å². The molecule has 0 heterocycles. The highest BCUT2D eigenvalue weighted by Gasteiger charge is 2.09. The van der Waals surface area contributed by atoms with Crippen molar-refractivity contribution in [1.29, 1.82) is 0 Å². The minimum absolute atomic E-state index is 0.639. The number of hydrogen-bond donors (Lipinski definition) is 0. The Balaban J connectivity index is 2.63. The molecule has 0 aliphatic rings. The van der Waals surface area contributed by atoms with Crippen LogP contribution in [0.15, 0.2) is 36.4 Å². The molecule has 2 aromatic carbocycles. The summed E-state index contributed by atoms with van der Waals surface area (Å²) < 4.78 is 5.45. The molecular formula is C15H18O. The van der Waals surface area contributed by atoms with E-state index in [4.69, 9.17) is 4.74 Å². The molecule has 0 aliphatic heterocycles. The van der Waals surface area contributed by atoms with E-state index < -0.39 is 0 Å². The van der Waals surface area contributed by atoms with Gasteiger partial charge in [-0.15, -0.1) is 0 Å². The molecule has 0 N–H and O–H groups in total. The molecule has 0 radical (unpaired) electrons. The van der Waals surface area contributed by atoms with Crippen molar-refractivity contribution in [3.05, 3.63) is 42.0 Å². The minimum atomic E-state index is 0.639. The molecule has 0 fully saturated rings. The normalized spacial score (nSPS) is 11.0. The Labute approximate surface area is 97.1 Å². The number of hydrogen-bond acceptors (Lipinski definition) is 1. The SMILES string of the molecule is COc1ccc2ccccc2c1CC(C)C. The quantitative estimate of drug-likeness (QED) is 0.749. The number of rotatable bonds is 3. The van der Waals surface area contributed by atoms with Crippen molar-refractivity contribution in [3.8, 4) is 5.75 Å². The van der Waals surface area contributed by atoms with Gasteiger partial charge in [-0.2, -0.15) is 0 Å². The van der Waals surface area contributed by atoms with Gasteiger partial charge in [-0.3, -0.25) is 0 Å². The topological polar surface area (TPSA) is 9.23 Å². The van der Waals surface area contributed by atoms with Gasteiger partial charge in [0.2, 0.25) is 0 Å². The molecule has 16 heavy (non-hydrogen) atoms. The van der Waals surface area contributed by atoms with Crippen LogP contribution in [0.5, 0.6) is 5.75 Å². The van der Waals surface area contributed by atoms with E-state index in [1.807, 2.05) is 0 Å². The van der Waals surface area contributed by atoms with E-state index >= 15 is 0 Å². The maximum atomic E-state index is 5.45. The highest BCUT2D eigenvalue weighted by Crippen LogP contribution is 2.29. The fourth-order valence-electron chi connectivity index (χ4n) is 2.13. The summed E-state index contributed by atoms with van der Waals surface area (Å²) >= 11 is 0. The number of fused-ring (bicyclic) bond motifs is 1. The lowest BCUT2D eigenvalue weighted by Gasteiger charge is -2.13. The zero-order valence-electron chi connectivity index (χ0n) is 10.2. The fraction of sp³-hybridized carbons (Fsp3) is 0.333. The fourth-order valence-corrected chi connectivity index (χ4v) is 2.13. The Morgan fingerprint density at radius 2 is 1.81 bits per heavy atom. The molecule has 0 bridgehead atoms. The predicted molar refractivity (Wildman–Crippen MR) is 69.0 cm³/mol. The lowest BCUT2D eigenvalue weighted by molar-refractivity contribution is 0.408. The van der Waals surface area contributed by atoms with Gasteiger partial charge in [-0.1, -0.05) is 44.2 Å². The van der Waals surface area contributed by atoms with E-state index in [9.17, 15) is 0 Å². The van der Waals surface area contributed by atoms with Crippen LogP contribution in [0.3, 0.4) is 0 Å². The van der Waals surface area contributed by atoms with E-state index in [0.29, 0.717) is 5.92 Å². The standard InChI is InChI=1S/C15H18O/c1-11(2)10-14-13-7-5-4-6-12(13)8-9-15(14)16-3/h4-9,11H,10H2,1-3H3. The maximum Gasteiger partial charge on any atom is 0.122 e. The lowest BCUT2D eigenvalue weighted by Crippen LogP contribution is -1.99. The van der Waals surface area contributed by atoms with Crippen molar-refractivity contribution in [3.63, 3.8) is 0 Å². The lowest BCUT2D eigenvalue weighted by atomic mass is 9.96. The summed E-state index contributed by atoms with van der Waals surface area (Å²) in [6.45, 7) is 4.47. The second kappa shape index (κ2) is 4.56. The largest absolute Gasteiger partial charge is 0.496 e. The number of ether oxygens (including phenoxy) is 1. The zero-order chi connectivity index (χ0) is 11.5. The van der Waals surface area contributed by atoms with Gasteiger partial charge in [0.15, 0.2) is 0 Å². The third-order valence-electron chi connectivity index (χ3n) is 2.83. The Bertz CT molecular complexity index is 486. The van der Waals surface area contributed by atoms with E-state index in [0.717, 1.165) is 12.2 Å². The minimum Gasteiger partial charge on any atom is -0.496 e. The molecule has 2 aromatic rings. The zero-order valence-corrected chi connectivity index (χ0v) is 10.2. The van der Waals surface area contributed by atoms with Crippen molar-refractivity contribution in [2.45, 2.75) is 20.3 Å². The Kier molecular flexibility index (Phi) is 3.14. The molecule has 0 saturated carbocycles. The van der Waals surface area contributed by atoms with E-state index in [-0.39, 0.29) is 0 Å². The molecular weight excluding hydrogens is 196 g/mol. The molecule has 84 valence electrons. The van der Waals surface area contributed by atoms with Crippen molar-refractivity contribution in [2.75, 3.05) is 7.11 Å². The summed E-state index contributed by atoms with van der Waals surface area (Å²) in [5.74, 6) is 1.65. The first kappa shape index (κ1) is 11.0. The molecule has 0 spiro atoms. The van der Waals surface area contributed by atoms with Gasteiger partial charge in [-0.05, 0) is 29.2 Å². The first-order valence-electron chi connectivity index (χ1n) is 5.77. The summed E-state index contributed by atoms with van der Waals surface area (Å²) in [6.07, 6.45) is 1.06. The highest BCUT2D eigenvalue weighted by atomic mass is 16.5. The van der Waals surface area contributed by atoms with E-state index in [2.05, 4.69) is 50.2 Å². The van der Waals surface area contributed by atoms with Crippen molar-refractivity contribution in [1.82, 2.24) is 0 Å². The highest BCUT2D eigenvalue weighted by molar-refractivity contribution is 5.87. The van der Waals surface area contributed by atoms with Crippen molar-refractivity contribution < 1.29 is 4.74 Å². The van der Waals surface area contributed by atoms with Crippen molar-refractivity contribution >= 4 is 10.8 Å². The summed E-state index contributed by atoms with van der Waals surface area (Å²) in [5.41, 5.74) is 1.33. The van der Waals surface area contributed by atoms with Gasteiger partial charge < -0.3 is 4.74 Å². The van der Waals surface area contributed by atoms with Crippen LogP contribution in [0.25, 0.3) is 10.8 Å². The summed E-state index contributed by atoms with van der Waals surface area (Å²) in [5, 5.41) is 2.61. The first-order valence-corrected chi connectivity index (χ1v) is 5.77. The summed E-state index contributed by atoms with van der Waals surface area (Å²) in [4.78, 5) is 0. The van der Waals surface area contributed by atoms with E-state index in [1.165, 1.54) is 16.3 Å². The molecule has 0 amide bonds. The van der Waals surface area contributed by atoms with Crippen molar-refractivity contribution in [2.24, 2.45) is 5.92 Å². The van der Waals surface area contributed by atoms with Gasteiger partial charge >= 0.3 is 0 Å². The number of benzene rings is 2. The van der Waals surface area contributed by atoms with Gasteiger partial charge in [0.25, 0.3) is 0 Å². The molecule has 0 saturated heterocycles. The van der Waals surface area contributed by atoms with E-state index in [1.54, 1.807) is 7.11 Å². The molecule has 1 nitrogen and oxygen atoms in total. The van der Waals surface area contributed by atoms with Crippen LogP contribution in [-0.4, -0.2) is 7.11 Å². The predicted octanol–water partition coefficient (Wildman–Crippen LogP) is 4.05. The monoisotopic (exact) mass is 214 g/mol. The second-order valence-corrected chi connectivity index (χ2v) is 4.57. The summed E-state index contributed by atoms with van der Waals surface area (Å²) in [6, 6.07) is 12.7. The average Bonchev–Trinajstić information content (AvgIpc) is 2.29. The van der Waals surface area contributed by atoms with Gasteiger partial charge in [0.05, 0.1) is 7.11 Å². The molecule has 1 heteroatoms. The van der Waals surface area contributed by atoms with Crippen LogP contribution in [0.4, 0.5) is 0 Å². The molecule has 0 unspecified atom stereocenters. The smallest absolute Gasteiger partial charge is 0.122 e. The van der Waals surface area contributed by atoms with Crippen LogP contribution in [0, 0.1) is 5.92 Å². The van der Waals surface area contributed by atoms with Gasteiger partial charge in [0, 0.05) is 5.56 Å². The Morgan fingerprint density at radius 1 is 1.06 bits per heavy atom. The summed E-state index contributed by atoms with van der Waals surface area (Å²) in [7, 11) is 1.74. The first-order chi connectivity index (χ1) is 7.72. The maximum absolute atomic E-state index is 5.45. The van der Waals surface area contributed by atoms with Gasteiger partial charge in [0.1, 0.15) is 5.75 Å². The second-order valence-electron chi connectivity index (χ2n) is 4.57. The van der Waals surface area contributed by atoms with Crippen LogP contribution >= 0.6 is 0 Å². The molecule has 0 atom stereocenters. The Morgan fingerprint density at radius 3 is 2.50 bits per heavy atom.